The minimum Gasteiger partial charge on any atom is -0.480 e. The Kier molecular flexibility index (Phi) is 3.49. The van der Waals surface area contributed by atoms with Crippen molar-refractivity contribution in [2.24, 2.45) is 5.92 Å². The fourth-order valence-corrected chi connectivity index (χ4v) is 2.92. The summed E-state index contributed by atoms with van der Waals surface area (Å²) in [6.45, 7) is 6.21. The van der Waals surface area contributed by atoms with Crippen molar-refractivity contribution < 1.29 is 14.7 Å². The average molecular weight is 268 g/mol. The van der Waals surface area contributed by atoms with Crippen molar-refractivity contribution >= 4 is 12.0 Å². The number of carboxylic acids is 1. The summed E-state index contributed by atoms with van der Waals surface area (Å²) < 4.78 is 0. The van der Waals surface area contributed by atoms with Gasteiger partial charge in [0, 0.05) is 12.1 Å². The molecule has 0 aromatic rings. The summed E-state index contributed by atoms with van der Waals surface area (Å²) in [5, 5.41) is 12.4. The Morgan fingerprint density at radius 3 is 2.47 bits per heavy atom. The Labute approximate surface area is 114 Å². The van der Waals surface area contributed by atoms with Crippen molar-refractivity contribution in [1.82, 2.24) is 10.2 Å². The topological polar surface area (TPSA) is 69.6 Å². The zero-order valence-electron chi connectivity index (χ0n) is 12.0. The molecule has 2 N–H and O–H groups in total. The van der Waals surface area contributed by atoms with Gasteiger partial charge in [0.15, 0.2) is 0 Å². The normalized spacial score (nSPS) is 28.1. The maximum absolute atomic E-state index is 12.4. The number of aliphatic carboxylic acids is 1. The number of carbonyl (C=O) groups is 2. The van der Waals surface area contributed by atoms with Crippen molar-refractivity contribution in [3.05, 3.63) is 0 Å². The molecule has 0 bridgehead atoms. The molecule has 0 aromatic carbocycles. The minimum absolute atomic E-state index is 0.235. The number of nitrogens with zero attached hydrogens (tertiary/aromatic N) is 1. The fraction of sp³-hybridized carbons (Fsp3) is 0.857. The van der Waals surface area contributed by atoms with Crippen molar-refractivity contribution in [2.45, 2.75) is 64.0 Å². The molecule has 1 saturated carbocycles. The van der Waals surface area contributed by atoms with Crippen LogP contribution in [-0.2, 0) is 4.79 Å². The van der Waals surface area contributed by atoms with Crippen LogP contribution in [-0.4, -0.2) is 39.6 Å². The quantitative estimate of drug-likeness (QED) is 0.824. The molecule has 2 fully saturated rings. The van der Waals surface area contributed by atoms with Crippen LogP contribution in [0.3, 0.4) is 0 Å². The Morgan fingerprint density at radius 2 is 1.95 bits per heavy atom. The van der Waals surface area contributed by atoms with Crippen LogP contribution >= 0.6 is 0 Å². The van der Waals surface area contributed by atoms with Crippen LogP contribution in [0.25, 0.3) is 0 Å². The predicted octanol–water partition coefficient (Wildman–Crippen LogP) is 2.21. The molecule has 1 unspecified atom stereocenters. The molecule has 2 aliphatic rings. The predicted molar refractivity (Wildman–Crippen MR) is 71.9 cm³/mol. The van der Waals surface area contributed by atoms with E-state index in [1.807, 2.05) is 13.8 Å². The van der Waals surface area contributed by atoms with E-state index >= 15 is 0 Å². The maximum Gasteiger partial charge on any atom is 0.329 e. The van der Waals surface area contributed by atoms with Gasteiger partial charge in [-0.3, -0.25) is 0 Å². The third-order valence-corrected chi connectivity index (χ3v) is 4.62. The maximum atomic E-state index is 12.4. The first-order chi connectivity index (χ1) is 8.77. The lowest BCUT2D eigenvalue weighted by Crippen LogP contribution is -2.62. The van der Waals surface area contributed by atoms with E-state index in [1.54, 1.807) is 6.92 Å². The zero-order chi connectivity index (χ0) is 14.3. The van der Waals surface area contributed by atoms with Gasteiger partial charge in [-0.1, -0.05) is 0 Å². The van der Waals surface area contributed by atoms with Crippen LogP contribution in [0.5, 0.6) is 0 Å². The van der Waals surface area contributed by atoms with Crippen LogP contribution < -0.4 is 5.32 Å². The van der Waals surface area contributed by atoms with E-state index in [-0.39, 0.29) is 11.6 Å². The van der Waals surface area contributed by atoms with Crippen molar-refractivity contribution in [3.8, 4) is 0 Å². The zero-order valence-corrected chi connectivity index (χ0v) is 12.0. The molecule has 5 heteroatoms. The van der Waals surface area contributed by atoms with Gasteiger partial charge in [-0.25, -0.2) is 9.59 Å². The number of nitrogens with one attached hydrogen (secondary N) is 1. The first-order valence-corrected chi connectivity index (χ1v) is 7.10. The highest BCUT2D eigenvalue weighted by atomic mass is 16.4. The molecule has 19 heavy (non-hydrogen) atoms. The van der Waals surface area contributed by atoms with Gasteiger partial charge in [-0.05, 0) is 58.8 Å². The van der Waals surface area contributed by atoms with Crippen LogP contribution in [0.4, 0.5) is 4.79 Å². The Hall–Kier alpha value is -1.26. The number of hydrogen-bond donors (Lipinski definition) is 2. The van der Waals surface area contributed by atoms with E-state index in [1.165, 1.54) is 4.90 Å². The molecule has 5 nitrogen and oxygen atoms in total. The molecule has 1 saturated heterocycles. The number of hydrogen-bond acceptors (Lipinski definition) is 2. The fourth-order valence-electron chi connectivity index (χ4n) is 2.92. The van der Waals surface area contributed by atoms with Gasteiger partial charge < -0.3 is 15.3 Å². The van der Waals surface area contributed by atoms with Crippen molar-refractivity contribution in [3.63, 3.8) is 0 Å². The largest absolute Gasteiger partial charge is 0.480 e. The molecule has 2 amide bonds. The highest BCUT2D eigenvalue weighted by molar-refractivity contribution is 5.86. The number of likely N-dealkylation sites (tertiary alicyclic amines) is 1. The number of urea groups is 1. The highest BCUT2D eigenvalue weighted by Gasteiger charge is 2.46. The molecule has 108 valence electrons. The van der Waals surface area contributed by atoms with Gasteiger partial charge in [0.05, 0.1) is 0 Å². The molecular formula is C14H24N2O3. The summed E-state index contributed by atoms with van der Waals surface area (Å²) >= 11 is 0. The van der Waals surface area contributed by atoms with Crippen LogP contribution in [0.15, 0.2) is 0 Å². The van der Waals surface area contributed by atoms with E-state index in [4.69, 9.17) is 0 Å². The third-order valence-electron chi connectivity index (χ3n) is 4.62. The third kappa shape index (κ3) is 2.69. The molecule has 1 aliphatic carbocycles. The monoisotopic (exact) mass is 268 g/mol. The van der Waals surface area contributed by atoms with Gasteiger partial charge >= 0.3 is 12.0 Å². The van der Waals surface area contributed by atoms with E-state index < -0.39 is 11.5 Å². The number of carbonyl (C=O) groups excluding carboxylic acids is 1. The lowest BCUT2D eigenvalue weighted by Gasteiger charge is -2.43. The van der Waals surface area contributed by atoms with E-state index in [2.05, 4.69) is 5.32 Å². The van der Waals surface area contributed by atoms with Gasteiger partial charge in [0.1, 0.15) is 5.54 Å². The lowest BCUT2D eigenvalue weighted by molar-refractivity contribution is -0.150. The molecule has 1 aliphatic heterocycles. The number of rotatable bonds is 3. The average Bonchev–Trinajstić information content (AvgIpc) is 3.12. The molecular weight excluding hydrogens is 244 g/mol. The molecule has 0 spiro atoms. The summed E-state index contributed by atoms with van der Waals surface area (Å²) in [4.78, 5) is 25.4. The molecule has 0 aromatic heterocycles. The second-order valence-electron chi connectivity index (χ2n) is 6.61. The molecule has 2 rings (SSSR count). The standard InChI is InChI=1S/C14H24N2O3/c1-13(2,10-6-7-10)15-12(19)16-9-5-4-8-14(16,3)11(17)18/h10H,4-9H2,1-3H3,(H,15,19)(H,17,18). The summed E-state index contributed by atoms with van der Waals surface area (Å²) in [6, 6.07) is -0.235. The Morgan fingerprint density at radius 1 is 1.32 bits per heavy atom. The molecule has 0 radical (unpaired) electrons. The van der Waals surface area contributed by atoms with Gasteiger partial charge in [-0.15, -0.1) is 0 Å². The first-order valence-electron chi connectivity index (χ1n) is 7.10. The van der Waals surface area contributed by atoms with Crippen molar-refractivity contribution in [2.75, 3.05) is 6.54 Å². The summed E-state index contributed by atoms with van der Waals surface area (Å²) in [6.07, 6.45) is 4.55. The summed E-state index contributed by atoms with van der Waals surface area (Å²) in [5.74, 6) is -0.385. The Bertz CT molecular complexity index is 390. The SMILES string of the molecule is CC(C)(NC(=O)N1CCCCC1(C)C(=O)O)C1CC1. The van der Waals surface area contributed by atoms with Gasteiger partial charge in [0.25, 0.3) is 0 Å². The number of amides is 2. The van der Waals surface area contributed by atoms with Crippen molar-refractivity contribution in [1.29, 1.82) is 0 Å². The van der Waals surface area contributed by atoms with Crippen LogP contribution in [0.2, 0.25) is 0 Å². The summed E-state index contributed by atoms with van der Waals surface area (Å²) in [5.41, 5.74) is -1.31. The lowest BCUT2D eigenvalue weighted by atomic mass is 9.88. The minimum atomic E-state index is -1.07. The van der Waals surface area contributed by atoms with E-state index in [0.29, 0.717) is 18.9 Å². The highest BCUT2D eigenvalue weighted by Crippen LogP contribution is 2.39. The number of piperidine rings is 1. The molecule has 1 heterocycles. The van der Waals surface area contributed by atoms with Crippen LogP contribution in [0.1, 0.15) is 52.9 Å². The van der Waals surface area contributed by atoms with Gasteiger partial charge in [0.2, 0.25) is 0 Å². The Balaban J connectivity index is 2.09. The summed E-state index contributed by atoms with van der Waals surface area (Å²) in [7, 11) is 0. The second-order valence-corrected chi connectivity index (χ2v) is 6.61. The van der Waals surface area contributed by atoms with Gasteiger partial charge in [-0.2, -0.15) is 0 Å². The molecule has 1 atom stereocenters. The number of carboxylic acid groups (broad SMARTS) is 1. The van der Waals surface area contributed by atoms with E-state index in [9.17, 15) is 14.7 Å². The second kappa shape index (κ2) is 4.69. The smallest absolute Gasteiger partial charge is 0.329 e. The van der Waals surface area contributed by atoms with Crippen LogP contribution in [0, 0.1) is 5.92 Å². The van der Waals surface area contributed by atoms with E-state index in [0.717, 1.165) is 25.7 Å². The first kappa shape index (κ1) is 14.2.